The van der Waals surface area contributed by atoms with E-state index in [-0.39, 0.29) is 18.3 Å². The van der Waals surface area contributed by atoms with Gasteiger partial charge in [0.2, 0.25) is 5.91 Å². The zero-order valence-electron chi connectivity index (χ0n) is 11.9. The van der Waals surface area contributed by atoms with Gasteiger partial charge >= 0.3 is 0 Å². The third-order valence-electron chi connectivity index (χ3n) is 2.83. The van der Waals surface area contributed by atoms with Crippen molar-refractivity contribution in [3.63, 3.8) is 0 Å². The Bertz CT molecular complexity index is 407. The first-order chi connectivity index (χ1) is 9.21. The van der Waals surface area contributed by atoms with E-state index in [1.54, 1.807) is 18.1 Å². The van der Waals surface area contributed by atoms with Crippen LogP contribution in [0.2, 0.25) is 0 Å². The van der Waals surface area contributed by atoms with Crippen LogP contribution >= 0.6 is 12.4 Å². The van der Waals surface area contributed by atoms with Gasteiger partial charge in [0.05, 0.1) is 7.11 Å². The summed E-state index contributed by atoms with van der Waals surface area (Å²) in [6, 6.07) is 7.72. The maximum Gasteiger partial charge on any atom is 0.223 e. The Morgan fingerprint density at radius 3 is 2.55 bits per heavy atom. The van der Waals surface area contributed by atoms with Gasteiger partial charge in [0.1, 0.15) is 5.75 Å². The summed E-state index contributed by atoms with van der Waals surface area (Å²) in [4.78, 5) is 13.8. The fraction of sp³-hybridized carbons (Fsp3) is 0.400. The normalized spacial score (nSPS) is 9.50. The van der Waals surface area contributed by atoms with E-state index in [9.17, 15) is 4.79 Å². The number of rotatable bonds is 8. The molecule has 0 saturated carbocycles. The molecule has 0 bridgehead atoms. The van der Waals surface area contributed by atoms with Crippen molar-refractivity contribution in [1.82, 2.24) is 4.90 Å². The third-order valence-corrected chi connectivity index (χ3v) is 2.83. The fourth-order valence-electron chi connectivity index (χ4n) is 1.77. The summed E-state index contributed by atoms with van der Waals surface area (Å²) in [5, 5.41) is 0. The second-order valence-corrected chi connectivity index (χ2v) is 4.30. The average molecular weight is 299 g/mol. The van der Waals surface area contributed by atoms with Crippen molar-refractivity contribution in [1.29, 1.82) is 0 Å². The predicted octanol–water partition coefficient (Wildman–Crippen LogP) is 2.37. The quantitative estimate of drug-likeness (QED) is 0.750. The summed E-state index contributed by atoms with van der Waals surface area (Å²) in [5.74, 6) is 0.926. The molecular weight excluding hydrogens is 276 g/mol. The fourth-order valence-corrected chi connectivity index (χ4v) is 1.77. The Hall–Kier alpha value is -1.52. The van der Waals surface area contributed by atoms with Crippen molar-refractivity contribution in [2.24, 2.45) is 5.73 Å². The molecule has 20 heavy (non-hydrogen) atoms. The lowest BCUT2D eigenvalue weighted by Gasteiger charge is -2.21. The molecule has 0 spiro atoms. The van der Waals surface area contributed by atoms with Crippen LogP contribution in [0.15, 0.2) is 36.9 Å². The highest BCUT2D eigenvalue weighted by molar-refractivity contribution is 5.85. The van der Waals surface area contributed by atoms with Crippen LogP contribution < -0.4 is 10.5 Å². The monoisotopic (exact) mass is 298 g/mol. The van der Waals surface area contributed by atoms with Crippen LogP contribution in [-0.2, 0) is 11.3 Å². The standard InChI is InChI=1S/C15H22N2O2.ClH/c1-3-11-17(15(18)5-4-10-16)12-13-6-8-14(19-2)9-7-13;/h3,6-9H,1,4-5,10-12,16H2,2H3;1H. The van der Waals surface area contributed by atoms with Gasteiger partial charge in [0.25, 0.3) is 0 Å². The van der Waals surface area contributed by atoms with Crippen molar-refractivity contribution < 1.29 is 9.53 Å². The minimum absolute atomic E-state index is 0. The summed E-state index contributed by atoms with van der Waals surface area (Å²) < 4.78 is 5.11. The minimum Gasteiger partial charge on any atom is -0.497 e. The number of benzene rings is 1. The van der Waals surface area contributed by atoms with Gasteiger partial charge in [-0.1, -0.05) is 18.2 Å². The van der Waals surface area contributed by atoms with Crippen LogP contribution in [0.1, 0.15) is 18.4 Å². The van der Waals surface area contributed by atoms with Gasteiger partial charge in [-0.3, -0.25) is 4.79 Å². The summed E-state index contributed by atoms with van der Waals surface area (Å²) >= 11 is 0. The van der Waals surface area contributed by atoms with Gasteiger partial charge in [0.15, 0.2) is 0 Å². The maximum atomic E-state index is 12.0. The molecule has 0 fully saturated rings. The predicted molar refractivity (Wildman–Crippen MR) is 84.1 cm³/mol. The smallest absolute Gasteiger partial charge is 0.223 e. The highest BCUT2D eigenvalue weighted by Crippen LogP contribution is 2.13. The number of carbonyl (C=O) groups is 1. The van der Waals surface area contributed by atoms with E-state index in [0.717, 1.165) is 17.7 Å². The molecule has 2 N–H and O–H groups in total. The lowest BCUT2D eigenvalue weighted by atomic mass is 10.2. The number of nitrogens with zero attached hydrogens (tertiary/aromatic N) is 1. The molecule has 1 amide bonds. The lowest BCUT2D eigenvalue weighted by Crippen LogP contribution is -2.30. The molecule has 1 aromatic carbocycles. The van der Waals surface area contributed by atoms with Crippen LogP contribution in [0, 0.1) is 0 Å². The Morgan fingerprint density at radius 2 is 2.05 bits per heavy atom. The number of ether oxygens (including phenoxy) is 1. The number of nitrogens with two attached hydrogens (primary N) is 1. The molecular formula is C15H23ClN2O2. The summed E-state index contributed by atoms with van der Waals surface area (Å²) in [5.41, 5.74) is 6.50. The van der Waals surface area contributed by atoms with E-state index in [0.29, 0.717) is 26.1 Å². The molecule has 0 aromatic heterocycles. The van der Waals surface area contributed by atoms with Crippen LogP contribution in [0.4, 0.5) is 0 Å². The summed E-state index contributed by atoms with van der Waals surface area (Å²) in [6.45, 7) is 5.37. The number of hydrogen-bond donors (Lipinski definition) is 1. The van der Waals surface area contributed by atoms with Gasteiger partial charge in [-0.2, -0.15) is 0 Å². The highest BCUT2D eigenvalue weighted by atomic mass is 35.5. The number of carbonyl (C=O) groups excluding carboxylic acids is 1. The Kier molecular flexibility index (Phi) is 9.51. The van der Waals surface area contributed by atoms with Crippen molar-refractivity contribution in [2.45, 2.75) is 19.4 Å². The molecule has 0 heterocycles. The number of amides is 1. The first-order valence-electron chi connectivity index (χ1n) is 6.43. The lowest BCUT2D eigenvalue weighted by molar-refractivity contribution is -0.131. The molecule has 0 unspecified atom stereocenters. The topological polar surface area (TPSA) is 55.6 Å². The molecule has 4 nitrogen and oxygen atoms in total. The SMILES string of the molecule is C=CCN(Cc1ccc(OC)cc1)C(=O)CCCN.Cl. The van der Waals surface area contributed by atoms with Gasteiger partial charge in [-0.25, -0.2) is 0 Å². The molecule has 0 aliphatic heterocycles. The van der Waals surface area contributed by atoms with E-state index in [1.807, 2.05) is 24.3 Å². The Labute approximate surface area is 127 Å². The first kappa shape index (κ1) is 18.5. The molecule has 5 heteroatoms. The zero-order chi connectivity index (χ0) is 14.1. The molecule has 1 aromatic rings. The van der Waals surface area contributed by atoms with Gasteiger partial charge in [-0.15, -0.1) is 19.0 Å². The van der Waals surface area contributed by atoms with Gasteiger partial charge in [0, 0.05) is 19.5 Å². The van der Waals surface area contributed by atoms with Gasteiger partial charge < -0.3 is 15.4 Å². The Balaban J connectivity index is 0.00000361. The van der Waals surface area contributed by atoms with Crippen LogP contribution in [0.5, 0.6) is 5.75 Å². The molecule has 112 valence electrons. The summed E-state index contributed by atoms with van der Waals surface area (Å²) in [6.07, 6.45) is 2.94. The van der Waals surface area contributed by atoms with Crippen molar-refractivity contribution in [2.75, 3.05) is 20.2 Å². The van der Waals surface area contributed by atoms with E-state index >= 15 is 0 Å². The van der Waals surface area contributed by atoms with Crippen molar-refractivity contribution in [3.05, 3.63) is 42.5 Å². The van der Waals surface area contributed by atoms with Gasteiger partial charge in [-0.05, 0) is 30.7 Å². The second-order valence-electron chi connectivity index (χ2n) is 4.30. The number of hydrogen-bond acceptors (Lipinski definition) is 3. The third kappa shape index (κ3) is 6.08. The van der Waals surface area contributed by atoms with Crippen molar-refractivity contribution >= 4 is 18.3 Å². The molecule has 1 rings (SSSR count). The van der Waals surface area contributed by atoms with E-state index in [4.69, 9.17) is 10.5 Å². The zero-order valence-corrected chi connectivity index (χ0v) is 12.7. The van der Waals surface area contributed by atoms with Crippen LogP contribution in [0.25, 0.3) is 0 Å². The highest BCUT2D eigenvalue weighted by Gasteiger charge is 2.11. The number of halogens is 1. The van der Waals surface area contributed by atoms with Crippen molar-refractivity contribution in [3.8, 4) is 5.75 Å². The van der Waals surface area contributed by atoms with E-state index in [2.05, 4.69) is 6.58 Å². The first-order valence-corrected chi connectivity index (χ1v) is 6.43. The molecule has 0 aliphatic carbocycles. The molecule has 0 radical (unpaired) electrons. The van der Waals surface area contributed by atoms with E-state index in [1.165, 1.54) is 0 Å². The largest absolute Gasteiger partial charge is 0.497 e. The van der Waals surface area contributed by atoms with Crippen LogP contribution in [-0.4, -0.2) is 31.0 Å². The maximum absolute atomic E-state index is 12.0. The van der Waals surface area contributed by atoms with Crippen LogP contribution in [0.3, 0.4) is 0 Å². The second kappa shape index (κ2) is 10.3. The summed E-state index contributed by atoms with van der Waals surface area (Å²) in [7, 11) is 1.63. The Morgan fingerprint density at radius 1 is 1.40 bits per heavy atom. The molecule has 0 atom stereocenters. The molecule has 0 saturated heterocycles. The average Bonchev–Trinajstić information content (AvgIpc) is 2.45. The number of methoxy groups -OCH3 is 1. The molecule has 0 aliphatic rings. The van der Waals surface area contributed by atoms with E-state index < -0.39 is 0 Å². The minimum atomic E-state index is 0.